The van der Waals surface area contributed by atoms with Gasteiger partial charge in [0, 0.05) is 17.1 Å². The van der Waals surface area contributed by atoms with Crippen molar-refractivity contribution in [3.05, 3.63) is 70.5 Å². The van der Waals surface area contributed by atoms with Crippen LogP contribution in [0.2, 0.25) is 0 Å². The quantitative estimate of drug-likeness (QED) is 0.774. The summed E-state index contributed by atoms with van der Waals surface area (Å²) < 4.78 is 5.60. The zero-order chi connectivity index (χ0) is 17.1. The number of nitrogens with one attached hydrogen (secondary N) is 2. The first kappa shape index (κ1) is 15.8. The lowest BCUT2D eigenvalue weighted by molar-refractivity contribution is -0.122. The highest BCUT2D eigenvalue weighted by Crippen LogP contribution is 2.19. The van der Waals surface area contributed by atoms with Gasteiger partial charge in [0.05, 0.1) is 5.52 Å². The summed E-state index contributed by atoms with van der Waals surface area (Å²) >= 11 is 0. The van der Waals surface area contributed by atoms with Gasteiger partial charge in [0.1, 0.15) is 5.75 Å². The van der Waals surface area contributed by atoms with Gasteiger partial charge in [-0.25, -0.2) is 0 Å². The Kier molecular flexibility index (Phi) is 4.33. The van der Waals surface area contributed by atoms with Crippen LogP contribution in [0.4, 0.5) is 5.69 Å². The van der Waals surface area contributed by atoms with E-state index in [4.69, 9.17) is 4.74 Å². The molecule has 0 spiro atoms. The number of benzene rings is 2. The first-order valence-electron chi connectivity index (χ1n) is 7.69. The molecule has 122 valence electrons. The molecule has 1 atom stereocenters. The zero-order valence-corrected chi connectivity index (χ0v) is 13.5. The van der Waals surface area contributed by atoms with Gasteiger partial charge in [-0.15, -0.1) is 0 Å². The van der Waals surface area contributed by atoms with Crippen LogP contribution in [0.1, 0.15) is 12.5 Å². The van der Waals surface area contributed by atoms with E-state index in [0.717, 1.165) is 10.9 Å². The molecule has 0 aliphatic carbocycles. The first-order chi connectivity index (χ1) is 11.5. The van der Waals surface area contributed by atoms with Crippen molar-refractivity contribution in [2.75, 3.05) is 5.32 Å². The minimum Gasteiger partial charge on any atom is -0.481 e. The van der Waals surface area contributed by atoms with Gasteiger partial charge in [-0.2, -0.15) is 0 Å². The highest BCUT2D eigenvalue weighted by molar-refractivity contribution is 5.96. The number of aromatic nitrogens is 1. The summed E-state index contributed by atoms with van der Waals surface area (Å²) in [6, 6.07) is 16.2. The molecule has 2 N–H and O–H groups in total. The smallest absolute Gasteiger partial charge is 0.265 e. The van der Waals surface area contributed by atoms with Crippen molar-refractivity contribution in [2.24, 2.45) is 0 Å². The molecule has 1 amide bonds. The molecule has 0 radical (unpaired) electrons. The maximum absolute atomic E-state index is 12.3. The predicted molar refractivity (Wildman–Crippen MR) is 94.5 cm³/mol. The maximum atomic E-state index is 12.3. The number of aromatic amines is 1. The van der Waals surface area contributed by atoms with Gasteiger partial charge in [0.25, 0.3) is 5.91 Å². The number of H-pyrrole nitrogens is 1. The number of ether oxygens (including phenoxy) is 1. The molecule has 3 rings (SSSR count). The van der Waals surface area contributed by atoms with Gasteiger partial charge in [0.15, 0.2) is 6.10 Å². The third-order valence-corrected chi connectivity index (χ3v) is 3.74. The van der Waals surface area contributed by atoms with E-state index in [1.807, 2.05) is 31.2 Å². The molecule has 1 unspecified atom stereocenters. The molecule has 0 fully saturated rings. The highest BCUT2D eigenvalue weighted by atomic mass is 16.5. The number of fused-ring (bicyclic) bond motifs is 1. The van der Waals surface area contributed by atoms with Crippen molar-refractivity contribution >= 4 is 22.5 Å². The van der Waals surface area contributed by atoms with E-state index in [2.05, 4.69) is 10.3 Å². The number of amides is 1. The molecule has 5 nitrogen and oxygen atoms in total. The molecule has 24 heavy (non-hydrogen) atoms. The van der Waals surface area contributed by atoms with Crippen molar-refractivity contribution in [3.63, 3.8) is 0 Å². The van der Waals surface area contributed by atoms with E-state index in [1.165, 1.54) is 0 Å². The SMILES string of the molecule is Cc1cc(=O)[nH]c2cc(NC(=O)C(C)Oc3ccccc3)ccc12. The average Bonchev–Trinajstić information content (AvgIpc) is 2.55. The Bertz CT molecular complexity index is 932. The van der Waals surface area contributed by atoms with E-state index in [0.29, 0.717) is 17.0 Å². The first-order valence-corrected chi connectivity index (χ1v) is 7.69. The van der Waals surface area contributed by atoms with Gasteiger partial charge >= 0.3 is 0 Å². The number of rotatable bonds is 4. The molecule has 0 saturated heterocycles. The van der Waals surface area contributed by atoms with Crippen molar-refractivity contribution in [1.82, 2.24) is 4.98 Å². The number of para-hydroxylation sites is 1. The number of hydrogen-bond acceptors (Lipinski definition) is 3. The fourth-order valence-electron chi connectivity index (χ4n) is 2.51. The van der Waals surface area contributed by atoms with Crippen LogP contribution >= 0.6 is 0 Å². The molecular formula is C19H18N2O3. The summed E-state index contributed by atoms with van der Waals surface area (Å²) in [4.78, 5) is 26.6. The third kappa shape index (κ3) is 3.46. The largest absolute Gasteiger partial charge is 0.481 e. The number of carbonyl (C=O) groups is 1. The summed E-state index contributed by atoms with van der Waals surface area (Å²) in [5.41, 5.74) is 2.03. The van der Waals surface area contributed by atoms with E-state index in [1.54, 1.807) is 37.3 Å². The van der Waals surface area contributed by atoms with Crippen LogP contribution in [-0.4, -0.2) is 17.0 Å². The van der Waals surface area contributed by atoms with Crippen molar-refractivity contribution < 1.29 is 9.53 Å². The van der Waals surface area contributed by atoms with Gasteiger partial charge in [-0.1, -0.05) is 24.3 Å². The lowest BCUT2D eigenvalue weighted by Crippen LogP contribution is -2.30. The fourth-order valence-corrected chi connectivity index (χ4v) is 2.51. The Balaban J connectivity index is 1.76. The van der Waals surface area contributed by atoms with Crippen LogP contribution in [0.5, 0.6) is 5.75 Å². The summed E-state index contributed by atoms with van der Waals surface area (Å²) in [7, 11) is 0. The number of carbonyl (C=O) groups excluding carboxylic acids is 1. The topological polar surface area (TPSA) is 71.2 Å². The average molecular weight is 322 g/mol. The predicted octanol–water partition coefficient (Wildman–Crippen LogP) is 3.24. The molecule has 0 bridgehead atoms. The Hall–Kier alpha value is -3.08. The molecule has 2 aromatic carbocycles. The van der Waals surface area contributed by atoms with Crippen LogP contribution in [0.15, 0.2) is 59.4 Å². The lowest BCUT2D eigenvalue weighted by Gasteiger charge is -2.15. The van der Waals surface area contributed by atoms with Gasteiger partial charge in [0.2, 0.25) is 5.56 Å². The summed E-state index contributed by atoms with van der Waals surface area (Å²) in [5, 5.41) is 3.75. The number of aryl methyl sites for hydroxylation is 1. The molecule has 3 aromatic rings. The van der Waals surface area contributed by atoms with Crippen LogP contribution in [-0.2, 0) is 4.79 Å². The normalized spacial score (nSPS) is 11.9. The van der Waals surface area contributed by atoms with E-state index >= 15 is 0 Å². The standard InChI is InChI=1S/C19H18N2O3/c1-12-10-18(22)21-17-11-14(8-9-16(12)17)20-19(23)13(2)24-15-6-4-3-5-7-15/h3-11,13H,1-2H3,(H,20,23)(H,21,22). The molecule has 1 heterocycles. The van der Waals surface area contributed by atoms with Crippen molar-refractivity contribution in [1.29, 1.82) is 0 Å². The van der Waals surface area contributed by atoms with Crippen molar-refractivity contribution in [2.45, 2.75) is 20.0 Å². The van der Waals surface area contributed by atoms with Crippen LogP contribution in [0.25, 0.3) is 10.9 Å². The lowest BCUT2D eigenvalue weighted by atomic mass is 10.1. The van der Waals surface area contributed by atoms with Crippen LogP contribution in [0, 0.1) is 6.92 Å². The summed E-state index contributed by atoms with van der Waals surface area (Å²) in [5.74, 6) is 0.381. The van der Waals surface area contributed by atoms with Gasteiger partial charge in [-0.05, 0) is 43.7 Å². The van der Waals surface area contributed by atoms with E-state index in [-0.39, 0.29) is 11.5 Å². The van der Waals surface area contributed by atoms with Gasteiger partial charge < -0.3 is 15.0 Å². The Morgan fingerprint density at radius 3 is 2.62 bits per heavy atom. The Morgan fingerprint density at radius 2 is 1.88 bits per heavy atom. The number of anilines is 1. The molecule has 5 heteroatoms. The minimum absolute atomic E-state index is 0.163. The minimum atomic E-state index is -0.639. The van der Waals surface area contributed by atoms with Crippen molar-refractivity contribution in [3.8, 4) is 5.75 Å². The molecule has 0 aliphatic rings. The second-order valence-corrected chi connectivity index (χ2v) is 5.64. The fraction of sp³-hybridized carbons (Fsp3) is 0.158. The van der Waals surface area contributed by atoms with E-state index in [9.17, 15) is 9.59 Å². The monoisotopic (exact) mass is 322 g/mol. The Labute approximate surface area is 139 Å². The highest BCUT2D eigenvalue weighted by Gasteiger charge is 2.15. The Morgan fingerprint density at radius 1 is 1.12 bits per heavy atom. The zero-order valence-electron chi connectivity index (χ0n) is 13.5. The second kappa shape index (κ2) is 6.58. The number of hydrogen-bond donors (Lipinski definition) is 2. The molecular weight excluding hydrogens is 304 g/mol. The van der Waals surface area contributed by atoms with E-state index < -0.39 is 6.10 Å². The van der Waals surface area contributed by atoms with Crippen LogP contribution < -0.4 is 15.6 Å². The number of pyridine rings is 1. The maximum Gasteiger partial charge on any atom is 0.265 e. The summed E-state index contributed by atoms with van der Waals surface area (Å²) in [6.45, 7) is 3.57. The molecule has 1 aromatic heterocycles. The van der Waals surface area contributed by atoms with Gasteiger partial charge in [-0.3, -0.25) is 9.59 Å². The third-order valence-electron chi connectivity index (χ3n) is 3.74. The van der Waals surface area contributed by atoms with Crippen LogP contribution in [0.3, 0.4) is 0 Å². The molecule has 0 saturated carbocycles. The second-order valence-electron chi connectivity index (χ2n) is 5.64. The molecule has 0 aliphatic heterocycles. The summed E-state index contributed by atoms with van der Waals surface area (Å²) in [6.07, 6.45) is -0.639.